The van der Waals surface area contributed by atoms with Crippen LogP contribution in [0.15, 0.2) is 36.4 Å². The van der Waals surface area contributed by atoms with Gasteiger partial charge >= 0.3 is 0 Å². The largest absolute Gasteiger partial charge is 0.493 e. The van der Waals surface area contributed by atoms with Crippen molar-refractivity contribution in [1.29, 1.82) is 0 Å². The van der Waals surface area contributed by atoms with E-state index in [0.717, 1.165) is 0 Å². The summed E-state index contributed by atoms with van der Waals surface area (Å²) in [6, 6.07) is 8.74. The third kappa shape index (κ3) is 3.49. The van der Waals surface area contributed by atoms with Crippen molar-refractivity contribution < 1.29 is 23.5 Å². The van der Waals surface area contributed by atoms with E-state index in [0.29, 0.717) is 41.3 Å². The molecule has 0 spiro atoms. The molecule has 2 aromatic carbocycles. The van der Waals surface area contributed by atoms with E-state index in [9.17, 15) is 14.0 Å². The molecule has 0 fully saturated rings. The van der Waals surface area contributed by atoms with Crippen LogP contribution in [0.5, 0.6) is 11.5 Å². The Morgan fingerprint density at radius 3 is 2.23 bits per heavy atom. The van der Waals surface area contributed by atoms with Crippen molar-refractivity contribution in [3.05, 3.63) is 58.9 Å². The van der Waals surface area contributed by atoms with Crippen LogP contribution in [0, 0.1) is 5.82 Å². The summed E-state index contributed by atoms with van der Waals surface area (Å²) in [7, 11) is 4.58. The van der Waals surface area contributed by atoms with Crippen LogP contribution >= 0.6 is 0 Å². The first-order valence-electron chi connectivity index (χ1n) is 9.95. The molecule has 1 aliphatic heterocycles. The number of amides is 2. The summed E-state index contributed by atoms with van der Waals surface area (Å²) in [5, 5.41) is 0. The van der Waals surface area contributed by atoms with E-state index in [1.165, 1.54) is 25.2 Å². The van der Waals surface area contributed by atoms with Crippen molar-refractivity contribution in [3.8, 4) is 11.5 Å². The lowest BCUT2D eigenvalue weighted by molar-refractivity contribution is -0.134. The second kappa shape index (κ2) is 8.73. The first kappa shape index (κ1) is 21.6. The number of rotatable bonds is 6. The fraction of sp³-hybridized carbons (Fsp3) is 0.391. The van der Waals surface area contributed by atoms with E-state index >= 15 is 0 Å². The van der Waals surface area contributed by atoms with Gasteiger partial charge in [-0.2, -0.15) is 0 Å². The number of ether oxygens (including phenoxy) is 2. The summed E-state index contributed by atoms with van der Waals surface area (Å²) in [6.45, 7) is 4.81. The van der Waals surface area contributed by atoms with Crippen LogP contribution in [0.4, 0.5) is 4.39 Å². The number of halogens is 1. The zero-order valence-electron chi connectivity index (χ0n) is 17.9. The number of likely N-dealkylation sites (N-methyl/N-ethyl adjacent to an activating group) is 2. The lowest BCUT2D eigenvalue weighted by Gasteiger charge is -2.41. The Morgan fingerprint density at radius 1 is 1.07 bits per heavy atom. The van der Waals surface area contributed by atoms with E-state index in [1.807, 2.05) is 13.8 Å². The van der Waals surface area contributed by atoms with E-state index in [2.05, 4.69) is 0 Å². The van der Waals surface area contributed by atoms with Crippen molar-refractivity contribution in [2.24, 2.45) is 0 Å². The van der Waals surface area contributed by atoms with Gasteiger partial charge in [-0.1, -0.05) is 18.2 Å². The van der Waals surface area contributed by atoms with Gasteiger partial charge in [-0.05, 0) is 37.6 Å². The summed E-state index contributed by atoms with van der Waals surface area (Å²) in [5.41, 5.74) is 1.17. The molecule has 0 unspecified atom stereocenters. The van der Waals surface area contributed by atoms with Crippen LogP contribution < -0.4 is 9.47 Å². The standard InChI is InChI=1S/C23H27FN2O4/c1-6-26(7-2)23(28)20-15-12-18(29-4)19(30-5)13-16(15)22(27)25(3)21(20)14-10-8-9-11-17(14)24/h8-13,20-21H,6-7H2,1-5H3/t20-,21-/m1/s1. The molecule has 160 valence electrons. The molecule has 2 amide bonds. The normalized spacial score (nSPS) is 18.1. The quantitative estimate of drug-likeness (QED) is 0.725. The molecule has 0 radical (unpaired) electrons. The first-order chi connectivity index (χ1) is 14.4. The monoisotopic (exact) mass is 414 g/mol. The molecule has 7 heteroatoms. The van der Waals surface area contributed by atoms with E-state index in [-0.39, 0.29) is 11.8 Å². The van der Waals surface area contributed by atoms with E-state index < -0.39 is 17.8 Å². The molecular formula is C23H27FN2O4. The Kier molecular flexibility index (Phi) is 6.29. The van der Waals surface area contributed by atoms with Crippen molar-refractivity contribution >= 4 is 11.8 Å². The average Bonchev–Trinajstić information content (AvgIpc) is 2.76. The highest BCUT2D eigenvalue weighted by Gasteiger charge is 2.45. The minimum atomic E-state index is -0.780. The highest BCUT2D eigenvalue weighted by molar-refractivity contribution is 6.02. The molecule has 1 aliphatic rings. The average molecular weight is 414 g/mol. The van der Waals surface area contributed by atoms with Gasteiger partial charge in [-0.3, -0.25) is 9.59 Å². The Balaban J connectivity index is 2.30. The summed E-state index contributed by atoms with van der Waals surface area (Å²) in [4.78, 5) is 30.0. The van der Waals surface area contributed by atoms with E-state index in [1.54, 1.807) is 42.3 Å². The molecule has 30 heavy (non-hydrogen) atoms. The van der Waals surface area contributed by atoms with Crippen LogP contribution in [-0.4, -0.2) is 56.0 Å². The fourth-order valence-corrected chi connectivity index (χ4v) is 4.15. The summed E-state index contributed by atoms with van der Waals surface area (Å²) < 4.78 is 25.6. The third-order valence-electron chi connectivity index (χ3n) is 5.74. The van der Waals surface area contributed by atoms with Gasteiger partial charge in [-0.15, -0.1) is 0 Å². The predicted molar refractivity (Wildman–Crippen MR) is 111 cm³/mol. The molecule has 0 saturated carbocycles. The number of benzene rings is 2. The smallest absolute Gasteiger partial charge is 0.254 e. The molecule has 6 nitrogen and oxygen atoms in total. The minimum absolute atomic E-state index is 0.166. The van der Waals surface area contributed by atoms with Crippen LogP contribution in [0.2, 0.25) is 0 Å². The van der Waals surface area contributed by atoms with Gasteiger partial charge < -0.3 is 19.3 Å². The van der Waals surface area contributed by atoms with Gasteiger partial charge in [0.25, 0.3) is 5.91 Å². The minimum Gasteiger partial charge on any atom is -0.493 e. The second-order valence-corrected chi connectivity index (χ2v) is 7.17. The first-order valence-corrected chi connectivity index (χ1v) is 9.95. The number of fused-ring (bicyclic) bond motifs is 1. The van der Waals surface area contributed by atoms with Crippen LogP contribution in [-0.2, 0) is 4.79 Å². The van der Waals surface area contributed by atoms with Crippen molar-refractivity contribution in [2.45, 2.75) is 25.8 Å². The summed E-state index contributed by atoms with van der Waals surface area (Å²) in [6.07, 6.45) is 0. The van der Waals surface area contributed by atoms with Gasteiger partial charge in [0, 0.05) is 31.3 Å². The van der Waals surface area contributed by atoms with Crippen LogP contribution in [0.1, 0.15) is 47.3 Å². The summed E-state index contributed by atoms with van der Waals surface area (Å²) in [5.74, 6) is -0.888. The number of carbonyl (C=O) groups excluding carboxylic acids is 2. The highest BCUT2D eigenvalue weighted by Crippen LogP contribution is 2.46. The van der Waals surface area contributed by atoms with Crippen molar-refractivity contribution in [3.63, 3.8) is 0 Å². The molecule has 3 rings (SSSR count). The van der Waals surface area contributed by atoms with Gasteiger partial charge in [0.2, 0.25) is 5.91 Å². The van der Waals surface area contributed by atoms with Gasteiger partial charge in [-0.25, -0.2) is 4.39 Å². The number of hydrogen-bond acceptors (Lipinski definition) is 4. The maximum absolute atomic E-state index is 14.8. The molecule has 0 N–H and O–H groups in total. The SMILES string of the molecule is CCN(CC)C(=O)[C@@H]1c2cc(OC)c(OC)cc2C(=O)N(C)[C@@H]1c1ccccc1F. The molecule has 0 saturated heterocycles. The molecule has 0 bridgehead atoms. The topological polar surface area (TPSA) is 59.1 Å². The Bertz CT molecular complexity index is 958. The highest BCUT2D eigenvalue weighted by atomic mass is 19.1. The Morgan fingerprint density at radius 2 is 1.67 bits per heavy atom. The predicted octanol–water partition coefficient (Wildman–Crippen LogP) is 3.62. The Hall–Kier alpha value is -3.09. The van der Waals surface area contributed by atoms with Gasteiger partial charge in [0.15, 0.2) is 11.5 Å². The number of hydrogen-bond donors (Lipinski definition) is 0. The zero-order chi connectivity index (χ0) is 22.0. The molecule has 2 aromatic rings. The van der Waals surface area contributed by atoms with Gasteiger partial charge in [0.05, 0.1) is 26.2 Å². The van der Waals surface area contributed by atoms with Gasteiger partial charge in [0.1, 0.15) is 5.82 Å². The molecule has 2 atom stereocenters. The third-order valence-corrected chi connectivity index (χ3v) is 5.74. The zero-order valence-corrected chi connectivity index (χ0v) is 17.9. The van der Waals surface area contributed by atoms with Crippen molar-refractivity contribution in [2.75, 3.05) is 34.4 Å². The second-order valence-electron chi connectivity index (χ2n) is 7.17. The fourth-order valence-electron chi connectivity index (χ4n) is 4.15. The lowest BCUT2D eigenvalue weighted by atomic mass is 9.78. The van der Waals surface area contributed by atoms with Crippen molar-refractivity contribution in [1.82, 2.24) is 9.80 Å². The molecule has 0 aliphatic carbocycles. The molecule has 0 aromatic heterocycles. The maximum Gasteiger partial charge on any atom is 0.254 e. The Labute approximate surface area is 176 Å². The summed E-state index contributed by atoms with van der Waals surface area (Å²) >= 11 is 0. The lowest BCUT2D eigenvalue weighted by Crippen LogP contribution is -2.47. The van der Waals surface area contributed by atoms with Crippen LogP contribution in [0.25, 0.3) is 0 Å². The number of carbonyl (C=O) groups is 2. The van der Waals surface area contributed by atoms with Crippen LogP contribution in [0.3, 0.4) is 0 Å². The van der Waals surface area contributed by atoms with E-state index in [4.69, 9.17) is 9.47 Å². The molecule has 1 heterocycles. The maximum atomic E-state index is 14.8. The number of methoxy groups -OCH3 is 2. The molecular weight excluding hydrogens is 387 g/mol. The number of nitrogens with zero attached hydrogens (tertiary/aromatic N) is 2.